The van der Waals surface area contributed by atoms with E-state index in [0.29, 0.717) is 23.5 Å². The summed E-state index contributed by atoms with van der Waals surface area (Å²) in [4.78, 5) is 15.0. The van der Waals surface area contributed by atoms with E-state index in [1.807, 2.05) is 0 Å². The first-order valence-corrected chi connectivity index (χ1v) is 9.49. The first-order chi connectivity index (χ1) is 13.0. The van der Waals surface area contributed by atoms with E-state index >= 15 is 0 Å². The number of nitrogens with one attached hydrogen (secondary N) is 1. The lowest BCUT2D eigenvalue weighted by atomic mass is 10.2. The van der Waals surface area contributed by atoms with Crippen molar-refractivity contribution in [3.8, 4) is 5.69 Å². The molecule has 27 heavy (non-hydrogen) atoms. The number of carbonyl (C=O) groups is 1. The molecule has 146 valence electrons. The highest BCUT2D eigenvalue weighted by Gasteiger charge is 2.21. The lowest BCUT2D eigenvalue weighted by Crippen LogP contribution is -2.35. The number of amides is 1. The summed E-state index contributed by atoms with van der Waals surface area (Å²) in [5, 5.41) is 7.23. The maximum atomic E-state index is 14.1. The monoisotopic (exact) mass is 376 g/mol. The Morgan fingerprint density at radius 2 is 1.85 bits per heavy atom. The summed E-state index contributed by atoms with van der Waals surface area (Å²) in [5.41, 5.74) is 1.61. The Kier molecular flexibility index (Phi) is 6.21. The number of likely N-dealkylation sites (tertiary alicyclic amines) is 1. The minimum Gasteiger partial charge on any atom is -0.351 e. The third-order valence-corrected chi connectivity index (χ3v) is 5.07. The van der Waals surface area contributed by atoms with E-state index in [9.17, 15) is 13.6 Å². The number of hydrogen-bond donors (Lipinski definition) is 1. The summed E-state index contributed by atoms with van der Waals surface area (Å²) in [7, 11) is 0. The van der Waals surface area contributed by atoms with Gasteiger partial charge in [-0.2, -0.15) is 5.10 Å². The molecule has 1 fully saturated rings. The lowest BCUT2D eigenvalue weighted by Gasteiger charge is -2.19. The number of carbonyl (C=O) groups excluding carboxylic acids is 1. The Balaban J connectivity index is 1.69. The van der Waals surface area contributed by atoms with Gasteiger partial charge in [-0.3, -0.25) is 4.79 Å². The van der Waals surface area contributed by atoms with Gasteiger partial charge in [-0.1, -0.05) is 12.8 Å². The van der Waals surface area contributed by atoms with Gasteiger partial charge in [-0.05, 0) is 51.9 Å². The van der Waals surface area contributed by atoms with Crippen molar-refractivity contribution in [3.63, 3.8) is 0 Å². The molecule has 1 N–H and O–H groups in total. The number of nitrogens with zero attached hydrogens (tertiary/aromatic N) is 3. The molecule has 1 amide bonds. The van der Waals surface area contributed by atoms with Gasteiger partial charge in [0.2, 0.25) is 0 Å². The Hall–Kier alpha value is -2.28. The summed E-state index contributed by atoms with van der Waals surface area (Å²) in [6.45, 7) is 6.98. The highest BCUT2D eigenvalue weighted by molar-refractivity contribution is 5.96. The van der Waals surface area contributed by atoms with Crippen molar-refractivity contribution in [3.05, 3.63) is 46.8 Å². The molecule has 5 nitrogen and oxygen atoms in total. The molecule has 3 rings (SSSR count). The normalized spacial score (nSPS) is 15.6. The average Bonchev–Trinajstić information content (AvgIpc) is 2.79. The number of benzene rings is 1. The molecule has 0 unspecified atom stereocenters. The molecule has 1 aromatic carbocycles. The summed E-state index contributed by atoms with van der Waals surface area (Å²) in [5.74, 6) is -1.58. The van der Waals surface area contributed by atoms with Crippen LogP contribution in [0.15, 0.2) is 18.2 Å². The molecule has 0 atom stereocenters. The summed E-state index contributed by atoms with van der Waals surface area (Å²) in [6, 6.07) is 3.31. The lowest BCUT2D eigenvalue weighted by molar-refractivity contribution is 0.0947. The molecule has 1 saturated heterocycles. The van der Waals surface area contributed by atoms with Crippen molar-refractivity contribution in [2.45, 2.75) is 39.5 Å². The van der Waals surface area contributed by atoms with E-state index < -0.39 is 11.6 Å². The predicted octanol–water partition coefficient (Wildman–Crippen LogP) is 3.37. The fourth-order valence-corrected chi connectivity index (χ4v) is 3.63. The van der Waals surface area contributed by atoms with Crippen LogP contribution in [0.4, 0.5) is 8.78 Å². The topological polar surface area (TPSA) is 50.2 Å². The highest BCUT2D eigenvalue weighted by Crippen LogP contribution is 2.20. The third kappa shape index (κ3) is 4.53. The van der Waals surface area contributed by atoms with E-state index in [4.69, 9.17) is 0 Å². The molecular weight excluding hydrogens is 350 g/mol. The number of aryl methyl sites for hydroxylation is 1. The van der Waals surface area contributed by atoms with Crippen molar-refractivity contribution < 1.29 is 13.6 Å². The number of halogens is 2. The van der Waals surface area contributed by atoms with Gasteiger partial charge in [0.25, 0.3) is 5.91 Å². The fraction of sp³-hybridized carbons (Fsp3) is 0.500. The second-order valence-electron chi connectivity index (χ2n) is 7.07. The molecule has 1 aliphatic heterocycles. The largest absolute Gasteiger partial charge is 0.351 e. The Labute approximate surface area is 158 Å². The number of rotatable bonds is 5. The van der Waals surface area contributed by atoms with Gasteiger partial charge in [0, 0.05) is 19.2 Å². The molecule has 7 heteroatoms. The Bertz CT molecular complexity index is 811. The summed E-state index contributed by atoms with van der Waals surface area (Å²) < 4.78 is 28.6. The van der Waals surface area contributed by atoms with E-state index in [2.05, 4.69) is 15.3 Å². The van der Waals surface area contributed by atoms with Crippen molar-refractivity contribution in [1.29, 1.82) is 0 Å². The molecule has 2 heterocycles. The van der Waals surface area contributed by atoms with Crippen LogP contribution < -0.4 is 5.32 Å². The zero-order chi connectivity index (χ0) is 19.4. The zero-order valence-corrected chi connectivity index (χ0v) is 15.9. The maximum Gasteiger partial charge on any atom is 0.255 e. The van der Waals surface area contributed by atoms with E-state index in [0.717, 1.165) is 25.7 Å². The molecule has 0 saturated carbocycles. The summed E-state index contributed by atoms with van der Waals surface area (Å²) >= 11 is 0. The van der Waals surface area contributed by atoms with Crippen molar-refractivity contribution >= 4 is 5.91 Å². The standard InChI is InChI=1S/C20H26F2N4O/c1-14-19(20(27)23-9-12-25-10-5-3-4-6-11-25)15(2)26(24-14)18-8-7-16(21)13-17(18)22/h7-8,13H,3-6,9-12H2,1-2H3,(H,23,27). The van der Waals surface area contributed by atoms with Crippen LogP contribution in [0.5, 0.6) is 0 Å². The second kappa shape index (κ2) is 8.61. The van der Waals surface area contributed by atoms with Gasteiger partial charge in [0.15, 0.2) is 5.82 Å². The SMILES string of the molecule is Cc1nn(-c2ccc(F)cc2F)c(C)c1C(=O)NCCN1CCCCCC1. The molecule has 0 bridgehead atoms. The molecule has 0 aliphatic carbocycles. The summed E-state index contributed by atoms with van der Waals surface area (Å²) in [6.07, 6.45) is 4.98. The van der Waals surface area contributed by atoms with Gasteiger partial charge in [0.05, 0.1) is 17.0 Å². The van der Waals surface area contributed by atoms with Crippen LogP contribution in [0.2, 0.25) is 0 Å². The van der Waals surface area contributed by atoms with Gasteiger partial charge < -0.3 is 10.2 Å². The second-order valence-corrected chi connectivity index (χ2v) is 7.07. The van der Waals surface area contributed by atoms with E-state index in [1.165, 1.54) is 42.5 Å². The Morgan fingerprint density at radius 1 is 1.15 bits per heavy atom. The van der Waals surface area contributed by atoms with Crippen LogP contribution in [0.3, 0.4) is 0 Å². The quantitative estimate of drug-likeness (QED) is 0.870. The first-order valence-electron chi connectivity index (χ1n) is 9.49. The van der Waals surface area contributed by atoms with Crippen LogP contribution in [-0.2, 0) is 0 Å². The Morgan fingerprint density at radius 3 is 2.52 bits per heavy atom. The van der Waals surface area contributed by atoms with Crippen LogP contribution >= 0.6 is 0 Å². The van der Waals surface area contributed by atoms with E-state index in [1.54, 1.807) is 13.8 Å². The van der Waals surface area contributed by atoms with Crippen LogP contribution in [0, 0.1) is 25.5 Å². The molecular formula is C20H26F2N4O. The van der Waals surface area contributed by atoms with Gasteiger partial charge in [-0.25, -0.2) is 13.5 Å². The maximum absolute atomic E-state index is 14.1. The van der Waals surface area contributed by atoms with Crippen LogP contribution in [-0.4, -0.2) is 46.8 Å². The molecule has 0 spiro atoms. The van der Waals surface area contributed by atoms with Gasteiger partial charge in [0.1, 0.15) is 11.5 Å². The van der Waals surface area contributed by atoms with Crippen molar-refractivity contribution in [2.75, 3.05) is 26.2 Å². The predicted molar refractivity (Wildman–Crippen MR) is 100 cm³/mol. The molecule has 1 aliphatic rings. The smallest absolute Gasteiger partial charge is 0.255 e. The third-order valence-electron chi connectivity index (χ3n) is 5.07. The van der Waals surface area contributed by atoms with Crippen molar-refractivity contribution in [1.82, 2.24) is 20.0 Å². The fourth-order valence-electron chi connectivity index (χ4n) is 3.63. The minimum atomic E-state index is -0.714. The highest BCUT2D eigenvalue weighted by atomic mass is 19.1. The number of hydrogen-bond acceptors (Lipinski definition) is 3. The zero-order valence-electron chi connectivity index (χ0n) is 15.9. The van der Waals surface area contributed by atoms with Gasteiger partial charge in [-0.15, -0.1) is 0 Å². The van der Waals surface area contributed by atoms with Crippen LogP contribution in [0.1, 0.15) is 47.4 Å². The van der Waals surface area contributed by atoms with Gasteiger partial charge >= 0.3 is 0 Å². The van der Waals surface area contributed by atoms with E-state index in [-0.39, 0.29) is 11.6 Å². The number of aromatic nitrogens is 2. The minimum absolute atomic E-state index is 0.126. The average molecular weight is 376 g/mol. The van der Waals surface area contributed by atoms with Crippen molar-refractivity contribution in [2.24, 2.45) is 0 Å². The first kappa shape index (κ1) is 19.5. The molecule has 1 aromatic heterocycles. The molecule has 2 aromatic rings. The van der Waals surface area contributed by atoms with Crippen LogP contribution in [0.25, 0.3) is 5.69 Å². The molecule has 0 radical (unpaired) electrons.